The second-order valence-electron chi connectivity index (χ2n) is 4.18. The molecule has 0 aromatic rings. The fourth-order valence-corrected chi connectivity index (χ4v) is 5.73. The van der Waals surface area contributed by atoms with E-state index >= 15 is 0 Å². The molecule has 0 radical (unpaired) electrons. The van der Waals surface area contributed by atoms with E-state index in [4.69, 9.17) is 13.3 Å². The highest BCUT2D eigenvalue weighted by atomic mass is 28.4. The highest BCUT2D eigenvalue weighted by Gasteiger charge is 2.47. The molecule has 0 aromatic heterocycles. The van der Waals surface area contributed by atoms with Crippen LogP contribution in [-0.4, -0.2) is 28.6 Å². The zero-order valence-corrected chi connectivity index (χ0v) is 13.3. The summed E-state index contributed by atoms with van der Waals surface area (Å²) >= 11 is 0. The molecule has 0 N–H and O–H groups in total. The third kappa shape index (κ3) is 5.51. The molecule has 0 saturated heterocycles. The maximum absolute atomic E-state index is 5.97. The summed E-state index contributed by atoms with van der Waals surface area (Å²) in [5.41, 5.74) is 0.456. The van der Waals surface area contributed by atoms with Crippen molar-refractivity contribution in [3.05, 3.63) is 0 Å². The highest BCUT2D eigenvalue weighted by Crippen LogP contribution is 2.34. The lowest BCUT2D eigenvalue weighted by Gasteiger charge is -2.35. The van der Waals surface area contributed by atoms with Gasteiger partial charge in [-0.15, -0.1) is 0 Å². The third-order valence-electron chi connectivity index (χ3n) is 2.81. The van der Waals surface area contributed by atoms with Crippen LogP contribution in [0.4, 0.5) is 0 Å². The molecular weight excluding hydrogens is 232 g/mol. The van der Waals surface area contributed by atoms with Crippen LogP contribution in [0.15, 0.2) is 0 Å². The molecule has 0 heterocycles. The Morgan fingerprint density at radius 2 is 1.06 bits per heavy atom. The van der Waals surface area contributed by atoms with Crippen LogP contribution in [0.2, 0.25) is 5.54 Å². The topological polar surface area (TPSA) is 27.7 Å². The second kappa shape index (κ2) is 10.1. The average molecular weight is 262 g/mol. The molecule has 0 amide bonds. The quantitative estimate of drug-likeness (QED) is 0.527. The standard InChI is InChI=1S/C13H30O3Si/c1-6-11-13(12-7-2)17(14-8-3,15-9-4)16-10-5/h13H,6-12H2,1-5H3. The molecule has 0 unspecified atom stereocenters. The molecule has 0 fully saturated rings. The largest absolute Gasteiger partial charge is 0.504 e. The SMILES string of the molecule is CCCC(CCC)[Si](OCC)(OCC)OCC. The minimum absolute atomic E-state index is 0.456. The average Bonchev–Trinajstić information content (AvgIpc) is 2.29. The van der Waals surface area contributed by atoms with E-state index in [0.717, 1.165) is 25.7 Å². The van der Waals surface area contributed by atoms with Crippen molar-refractivity contribution in [2.24, 2.45) is 0 Å². The Kier molecular flexibility index (Phi) is 10.1. The summed E-state index contributed by atoms with van der Waals surface area (Å²) < 4.78 is 17.9. The van der Waals surface area contributed by atoms with Crippen molar-refractivity contribution >= 4 is 8.80 Å². The number of rotatable bonds is 11. The predicted molar refractivity (Wildman–Crippen MR) is 74.2 cm³/mol. The van der Waals surface area contributed by atoms with Crippen LogP contribution < -0.4 is 0 Å². The van der Waals surface area contributed by atoms with Gasteiger partial charge in [0.15, 0.2) is 0 Å². The molecule has 0 saturated carbocycles. The van der Waals surface area contributed by atoms with Gasteiger partial charge in [-0.2, -0.15) is 0 Å². The third-order valence-corrected chi connectivity index (χ3v) is 6.46. The van der Waals surface area contributed by atoms with Crippen LogP contribution in [0.5, 0.6) is 0 Å². The first-order valence-electron chi connectivity index (χ1n) is 7.12. The predicted octanol–water partition coefficient (Wildman–Crippen LogP) is 4.01. The summed E-state index contributed by atoms with van der Waals surface area (Å²) in [5, 5.41) is 0. The van der Waals surface area contributed by atoms with Gasteiger partial charge in [0.1, 0.15) is 0 Å². The smallest absolute Gasteiger partial charge is 0.374 e. The molecule has 0 atom stereocenters. The van der Waals surface area contributed by atoms with Gasteiger partial charge in [0.05, 0.1) is 0 Å². The Bertz CT molecular complexity index is 153. The molecule has 0 aliphatic carbocycles. The van der Waals surface area contributed by atoms with Crippen LogP contribution in [0.25, 0.3) is 0 Å². The first-order chi connectivity index (χ1) is 8.20. The highest BCUT2D eigenvalue weighted by molar-refractivity contribution is 6.62. The maximum Gasteiger partial charge on any atom is 0.504 e. The summed E-state index contributed by atoms with van der Waals surface area (Å²) in [6.07, 6.45) is 4.60. The minimum Gasteiger partial charge on any atom is -0.374 e. The molecule has 0 aliphatic rings. The van der Waals surface area contributed by atoms with Crippen molar-refractivity contribution in [1.29, 1.82) is 0 Å². The fourth-order valence-electron chi connectivity index (χ4n) is 2.28. The lowest BCUT2D eigenvalue weighted by Crippen LogP contribution is -2.50. The van der Waals surface area contributed by atoms with Crippen molar-refractivity contribution in [2.75, 3.05) is 19.8 Å². The van der Waals surface area contributed by atoms with E-state index in [1.54, 1.807) is 0 Å². The Hall–Kier alpha value is 0.0969. The van der Waals surface area contributed by atoms with Crippen LogP contribution in [0.1, 0.15) is 60.3 Å². The molecular formula is C13H30O3Si. The molecule has 17 heavy (non-hydrogen) atoms. The van der Waals surface area contributed by atoms with Crippen molar-refractivity contribution in [3.8, 4) is 0 Å². The van der Waals surface area contributed by atoms with Crippen LogP contribution >= 0.6 is 0 Å². The summed E-state index contributed by atoms with van der Waals surface area (Å²) in [7, 11) is -2.47. The number of hydrogen-bond donors (Lipinski definition) is 0. The summed E-state index contributed by atoms with van der Waals surface area (Å²) in [4.78, 5) is 0. The first kappa shape index (κ1) is 17.1. The zero-order valence-electron chi connectivity index (χ0n) is 12.3. The van der Waals surface area contributed by atoms with Gasteiger partial charge in [-0.3, -0.25) is 0 Å². The zero-order chi connectivity index (χ0) is 13.1. The maximum atomic E-state index is 5.97. The molecule has 104 valence electrons. The Morgan fingerprint density at radius 3 is 1.29 bits per heavy atom. The monoisotopic (exact) mass is 262 g/mol. The van der Waals surface area contributed by atoms with Gasteiger partial charge in [0, 0.05) is 25.4 Å². The van der Waals surface area contributed by atoms with Gasteiger partial charge >= 0.3 is 8.80 Å². The van der Waals surface area contributed by atoms with Crippen molar-refractivity contribution in [3.63, 3.8) is 0 Å². The van der Waals surface area contributed by atoms with E-state index in [-0.39, 0.29) is 0 Å². The van der Waals surface area contributed by atoms with E-state index < -0.39 is 8.80 Å². The molecule has 0 bridgehead atoms. The molecule has 0 rings (SSSR count). The molecule has 4 heteroatoms. The van der Waals surface area contributed by atoms with Crippen molar-refractivity contribution in [2.45, 2.75) is 65.8 Å². The molecule has 0 spiro atoms. The summed E-state index contributed by atoms with van der Waals surface area (Å²) in [5.74, 6) is 0. The normalized spacial score (nSPS) is 12.4. The Morgan fingerprint density at radius 1 is 0.706 bits per heavy atom. The van der Waals surface area contributed by atoms with Crippen molar-refractivity contribution in [1.82, 2.24) is 0 Å². The Labute approximate surface area is 108 Å². The van der Waals surface area contributed by atoms with Crippen molar-refractivity contribution < 1.29 is 13.3 Å². The van der Waals surface area contributed by atoms with Crippen LogP contribution in [0, 0.1) is 0 Å². The summed E-state index contributed by atoms with van der Waals surface area (Å²) in [6, 6.07) is 0. The van der Waals surface area contributed by atoms with E-state index in [2.05, 4.69) is 13.8 Å². The van der Waals surface area contributed by atoms with Gasteiger partial charge < -0.3 is 13.3 Å². The molecule has 0 aromatic carbocycles. The van der Waals surface area contributed by atoms with Crippen LogP contribution in [-0.2, 0) is 13.3 Å². The van der Waals surface area contributed by atoms with Gasteiger partial charge in [0.25, 0.3) is 0 Å². The van der Waals surface area contributed by atoms with Gasteiger partial charge in [-0.1, -0.05) is 26.7 Å². The van der Waals surface area contributed by atoms with Gasteiger partial charge in [0.2, 0.25) is 0 Å². The van der Waals surface area contributed by atoms with E-state index in [1.165, 1.54) is 0 Å². The lowest BCUT2D eigenvalue weighted by atomic mass is 10.1. The van der Waals surface area contributed by atoms with E-state index in [1.807, 2.05) is 20.8 Å². The summed E-state index contributed by atoms with van der Waals surface area (Å²) in [6.45, 7) is 12.5. The van der Waals surface area contributed by atoms with E-state index in [9.17, 15) is 0 Å². The van der Waals surface area contributed by atoms with Gasteiger partial charge in [-0.05, 0) is 33.6 Å². The fraction of sp³-hybridized carbons (Fsp3) is 1.00. The lowest BCUT2D eigenvalue weighted by molar-refractivity contribution is 0.0584. The molecule has 0 aliphatic heterocycles. The van der Waals surface area contributed by atoms with E-state index in [0.29, 0.717) is 25.4 Å². The Balaban J connectivity index is 4.87. The first-order valence-corrected chi connectivity index (χ1v) is 8.92. The minimum atomic E-state index is -2.47. The number of hydrogen-bond acceptors (Lipinski definition) is 3. The molecule has 3 nitrogen and oxygen atoms in total. The van der Waals surface area contributed by atoms with Crippen LogP contribution in [0.3, 0.4) is 0 Å². The second-order valence-corrected chi connectivity index (χ2v) is 7.07. The van der Waals surface area contributed by atoms with Gasteiger partial charge in [-0.25, -0.2) is 0 Å².